The van der Waals surface area contributed by atoms with E-state index in [1.807, 2.05) is 41.3 Å². The maximum absolute atomic E-state index is 4.49. The van der Waals surface area contributed by atoms with Gasteiger partial charge in [-0.3, -0.25) is 4.98 Å². The summed E-state index contributed by atoms with van der Waals surface area (Å²) >= 11 is 0. The maximum atomic E-state index is 4.49. The lowest BCUT2D eigenvalue weighted by Crippen LogP contribution is -2.14. The van der Waals surface area contributed by atoms with Gasteiger partial charge in [0.25, 0.3) is 0 Å². The van der Waals surface area contributed by atoms with Crippen molar-refractivity contribution < 1.29 is 0 Å². The highest BCUT2D eigenvalue weighted by Gasteiger charge is 2.07. The zero-order valence-corrected chi connectivity index (χ0v) is 12.0. The molecule has 0 saturated carbocycles. The molecule has 0 unspecified atom stereocenters. The third kappa shape index (κ3) is 3.01. The van der Waals surface area contributed by atoms with E-state index >= 15 is 0 Å². The molecule has 0 atom stereocenters. The Morgan fingerprint density at radius 2 is 1.90 bits per heavy atom. The number of aromatic nitrogens is 3. The molecule has 0 aliphatic rings. The van der Waals surface area contributed by atoms with Gasteiger partial charge in [-0.1, -0.05) is 37.3 Å². The van der Waals surface area contributed by atoms with E-state index in [9.17, 15) is 0 Å². The van der Waals surface area contributed by atoms with Gasteiger partial charge in [0.1, 0.15) is 0 Å². The predicted molar refractivity (Wildman–Crippen MR) is 84.2 cm³/mol. The zero-order chi connectivity index (χ0) is 14.5. The molecule has 21 heavy (non-hydrogen) atoms. The highest BCUT2D eigenvalue weighted by atomic mass is 15.3. The van der Waals surface area contributed by atoms with E-state index in [1.165, 1.54) is 5.56 Å². The van der Waals surface area contributed by atoms with Gasteiger partial charge >= 0.3 is 0 Å². The third-order valence-electron chi connectivity index (χ3n) is 3.38. The molecule has 0 fully saturated rings. The fraction of sp³-hybridized carbons (Fsp3) is 0.176. The van der Waals surface area contributed by atoms with Crippen molar-refractivity contribution in [2.24, 2.45) is 0 Å². The first-order chi connectivity index (χ1) is 10.4. The minimum atomic E-state index is 0.792. The summed E-state index contributed by atoms with van der Waals surface area (Å²) < 4.78 is 1.91. The standard InChI is InChI=1S/C17H18N4/c1-2-18-10-15-11-19-9-8-17(15)21-13-16(12-20-21)14-6-4-3-5-7-14/h3-9,11-13,18H,2,10H2,1H3. The third-order valence-corrected chi connectivity index (χ3v) is 3.38. The second-order valence-electron chi connectivity index (χ2n) is 4.82. The molecule has 3 aromatic rings. The van der Waals surface area contributed by atoms with E-state index in [4.69, 9.17) is 0 Å². The van der Waals surface area contributed by atoms with E-state index in [2.05, 4.69) is 40.7 Å². The van der Waals surface area contributed by atoms with E-state index in [1.54, 1.807) is 6.20 Å². The van der Waals surface area contributed by atoms with Crippen LogP contribution in [0.1, 0.15) is 12.5 Å². The molecule has 0 radical (unpaired) electrons. The minimum Gasteiger partial charge on any atom is -0.313 e. The molecule has 3 rings (SSSR count). The molecule has 0 spiro atoms. The predicted octanol–water partition coefficient (Wildman–Crippen LogP) is 3.04. The molecule has 2 heterocycles. The summed E-state index contributed by atoms with van der Waals surface area (Å²) in [6.45, 7) is 3.82. The van der Waals surface area contributed by atoms with E-state index in [0.717, 1.165) is 29.9 Å². The number of nitrogens with zero attached hydrogens (tertiary/aromatic N) is 3. The zero-order valence-electron chi connectivity index (χ0n) is 12.0. The highest BCUT2D eigenvalue weighted by molar-refractivity contribution is 5.62. The van der Waals surface area contributed by atoms with Gasteiger partial charge in [0.2, 0.25) is 0 Å². The quantitative estimate of drug-likeness (QED) is 0.780. The van der Waals surface area contributed by atoms with Crippen LogP contribution in [0, 0.1) is 0 Å². The van der Waals surface area contributed by atoms with Crippen LogP contribution in [0.3, 0.4) is 0 Å². The van der Waals surface area contributed by atoms with Crippen molar-refractivity contribution in [2.75, 3.05) is 6.54 Å². The Hall–Kier alpha value is -2.46. The molecule has 4 heteroatoms. The first-order valence-electron chi connectivity index (χ1n) is 7.12. The first-order valence-corrected chi connectivity index (χ1v) is 7.12. The topological polar surface area (TPSA) is 42.7 Å². The second kappa shape index (κ2) is 6.33. The Labute approximate surface area is 124 Å². The van der Waals surface area contributed by atoms with Crippen molar-refractivity contribution in [3.63, 3.8) is 0 Å². The van der Waals surface area contributed by atoms with Crippen molar-refractivity contribution in [3.05, 3.63) is 66.7 Å². The molecular formula is C17H18N4. The largest absolute Gasteiger partial charge is 0.313 e. The van der Waals surface area contributed by atoms with E-state index < -0.39 is 0 Å². The van der Waals surface area contributed by atoms with Crippen LogP contribution in [0.4, 0.5) is 0 Å². The van der Waals surface area contributed by atoms with Crippen LogP contribution in [0.25, 0.3) is 16.8 Å². The summed E-state index contributed by atoms with van der Waals surface area (Å²) in [5.74, 6) is 0. The lowest BCUT2D eigenvalue weighted by molar-refractivity contribution is 0.714. The van der Waals surface area contributed by atoms with Crippen LogP contribution in [-0.2, 0) is 6.54 Å². The van der Waals surface area contributed by atoms with E-state index in [-0.39, 0.29) is 0 Å². The molecule has 1 aromatic carbocycles. The minimum absolute atomic E-state index is 0.792. The smallest absolute Gasteiger partial charge is 0.0721 e. The summed E-state index contributed by atoms with van der Waals surface area (Å²) in [5.41, 5.74) is 4.49. The van der Waals surface area contributed by atoms with Crippen LogP contribution >= 0.6 is 0 Å². The molecule has 1 N–H and O–H groups in total. The molecule has 0 amide bonds. The van der Waals surface area contributed by atoms with Crippen molar-refractivity contribution >= 4 is 0 Å². The number of pyridine rings is 1. The summed E-state index contributed by atoms with van der Waals surface area (Å²) in [5, 5.41) is 7.82. The Morgan fingerprint density at radius 3 is 2.71 bits per heavy atom. The van der Waals surface area contributed by atoms with Gasteiger partial charge < -0.3 is 5.32 Å². The number of hydrogen-bond acceptors (Lipinski definition) is 3. The fourth-order valence-corrected chi connectivity index (χ4v) is 2.27. The molecule has 4 nitrogen and oxygen atoms in total. The number of benzene rings is 1. The molecule has 2 aromatic heterocycles. The summed E-state index contributed by atoms with van der Waals surface area (Å²) in [6.07, 6.45) is 7.64. The molecule has 0 aliphatic heterocycles. The monoisotopic (exact) mass is 278 g/mol. The van der Waals surface area contributed by atoms with Gasteiger partial charge in [-0.2, -0.15) is 5.10 Å². The normalized spacial score (nSPS) is 10.7. The summed E-state index contributed by atoms with van der Waals surface area (Å²) in [7, 11) is 0. The van der Waals surface area contributed by atoms with Gasteiger partial charge in [0.05, 0.1) is 11.9 Å². The summed E-state index contributed by atoms with van der Waals surface area (Å²) in [6, 6.07) is 12.3. The van der Waals surface area contributed by atoms with Gasteiger partial charge in [-0.05, 0) is 18.2 Å². The molecule has 106 valence electrons. The maximum Gasteiger partial charge on any atom is 0.0721 e. The molecule has 0 aliphatic carbocycles. The molecule has 0 saturated heterocycles. The first kappa shape index (κ1) is 13.5. The lowest BCUT2D eigenvalue weighted by Gasteiger charge is -2.09. The highest BCUT2D eigenvalue weighted by Crippen LogP contribution is 2.20. The van der Waals surface area contributed by atoms with Crippen LogP contribution in [0.2, 0.25) is 0 Å². The lowest BCUT2D eigenvalue weighted by atomic mass is 10.1. The average molecular weight is 278 g/mol. The van der Waals surface area contributed by atoms with Crippen LogP contribution in [0.5, 0.6) is 0 Å². The molecule has 0 bridgehead atoms. The van der Waals surface area contributed by atoms with Crippen LogP contribution < -0.4 is 5.32 Å². The van der Waals surface area contributed by atoms with Gasteiger partial charge in [-0.15, -0.1) is 0 Å². The number of hydrogen-bond donors (Lipinski definition) is 1. The average Bonchev–Trinajstić information content (AvgIpc) is 3.04. The van der Waals surface area contributed by atoms with Crippen LogP contribution in [-0.4, -0.2) is 21.3 Å². The van der Waals surface area contributed by atoms with Crippen molar-refractivity contribution in [1.29, 1.82) is 0 Å². The Bertz CT molecular complexity index is 704. The fourth-order valence-electron chi connectivity index (χ4n) is 2.27. The summed E-state index contributed by atoms with van der Waals surface area (Å²) in [4.78, 5) is 4.21. The Morgan fingerprint density at radius 1 is 1.05 bits per heavy atom. The van der Waals surface area contributed by atoms with Gasteiger partial charge in [-0.25, -0.2) is 4.68 Å². The number of nitrogens with one attached hydrogen (secondary N) is 1. The van der Waals surface area contributed by atoms with Crippen molar-refractivity contribution in [3.8, 4) is 16.8 Å². The molecular weight excluding hydrogens is 260 g/mol. The van der Waals surface area contributed by atoms with Crippen molar-refractivity contribution in [2.45, 2.75) is 13.5 Å². The van der Waals surface area contributed by atoms with Gasteiger partial charge in [0.15, 0.2) is 0 Å². The van der Waals surface area contributed by atoms with Crippen LogP contribution in [0.15, 0.2) is 61.2 Å². The Balaban J connectivity index is 1.93. The van der Waals surface area contributed by atoms with Crippen molar-refractivity contribution in [1.82, 2.24) is 20.1 Å². The van der Waals surface area contributed by atoms with Gasteiger partial charge in [0, 0.05) is 36.3 Å². The van der Waals surface area contributed by atoms with E-state index in [0.29, 0.717) is 0 Å². The SMILES string of the molecule is CCNCc1cnccc1-n1cc(-c2ccccc2)cn1. The number of rotatable bonds is 5. The second-order valence-corrected chi connectivity index (χ2v) is 4.82. The Kier molecular flexibility index (Phi) is 4.07.